The Morgan fingerprint density at radius 1 is 1.19 bits per heavy atom. The van der Waals surface area contributed by atoms with Crippen LogP contribution in [0.3, 0.4) is 0 Å². The maximum absolute atomic E-state index is 12.2. The van der Waals surface area contributed by atoms with Gasteiger partial charge in [-0.2, -0.15) is 0 Å². The molecular weight excluding hydrogens is 537 g/mol. The molecule has 3 rings (SSSR count). The van der Waals surface area contributed by atoms with Crippen LogP contribution < -0.4 is 16.0 Å². The fourth-order valence-corrected chi connectivity index (χ4v) is 4.97. The monoisotopic (exact) mass is 571 g/mol. The molecule has 1 aromatic carbocycles. The molecule has 0 spiro atoms. The van der Waals surface area contributed by atoms with Gasteiger partial charge in [0, 0.05) is 42.7 Å². The topological polar surface area (TPSA) is 89.0 Å². The van der Waals surface area contributed by atoms with Crippen molar-refractivity contribution in [2.45, 2.75) is 25.8 Å². The van der Waals surface area contributed by atoms with Crippen LogP contribution in [0.4, 0.5) is 0 Å². The van der Waals surface area contributed by atoms with Gasteiger partial charge >= 0.3 is 0 Å². The van der Waals surface area contributed by atoms with Crippen LogP contribution in [0.5, 0.6) is 5.75 Å². The molecule has 1 saturated heterocycles. The number of hydrogen-bond donors (Lipinski definition) is 4. The Kier molecular flexibility index (Phi) is 11.3. The number of phenolic OH excluding ortho intramolecular Hbond substituents is 1. The summed E-state index contributed by atoms with van der Waals surface area (Å²) in [5, 5.41) is 21.0. The number of nitrogens with one attached hydrogen (secondary N) is 3. The predicted octanol–water partition coefficient (Wildman–Crippen LogP) is 3.44. The molecule has 176 valence electrons. The number of phenols is 1. The zero-order valence-electron chi connectivity index (χ0n) is 18.7. The highest BCUT2D eigenvalue weighted by molar-refractivity contribution is 14.0. The minimum atomic E-state index is -0.159. The fourth-order valence-electron chi connectivity index (χ4n) is 3.98. The summed E-state index contributed by atoms with van der Waals surface area (Å²) in [5.41, 5.74) is 0.527. The SMILES string of the molecule is CCNC(=NCC1CCCN(C)C1c1cccs1)NCCNC(=O)c1ccc(O)cc1.I. The molecule has 32 heavy (non-hydrogen) atoms. The van der Waals surface area contributed by atoms with Crippen LogP contribution >= 0.6 is 35.3 Å². The number of piperidine rings is 1. The standard InChI is InChI=1S/C23H33N5O2S.HI/c1-3-24-23(26-13-12-25-22(30)17-8-10-19(29)11-9-17)27-16-18-6-4-14-28(2)21(18)20-7-5-15-31-20;/h5,7-11,15,18,21,29H,3-4,6,12-14,16H2,1-2H3,(H,25,30)(H2,24,26,27);1H. The van der Waals surface area contributed by atoms with Crippen molar-refractivity contribution in [2.75, 3.05) is 39.8 Å². The molecule has 0 saturated carbocycles. The first-order chi connectivity index (χ1) is 15.1. The summed E-state index contributed by atoms with van der Waals surface area (Å²) in [6.07, 6.45) is 2.38. The Bertz CT molecular complexity index is 845. The Morgan fingerprint density at radius 2 is 1.94 bits per heavy atom. The van der Waals surface area contributed by atoms with Crippen LogP contribution in [0, 0.1) is 5.92 Å². The number of carbonyl (C=O) groups is 1. The molecule has 0 radical (unpaired) electrons. The number of aromatic hydroxyl groups is 1. The molecule has 0 aliphatic carbocycles. The number of thiophene rings is 1. The normalized spacial score (nSPS) is 19.1. The smallest absolute Gasteiger partial charge is 0.251 e. The van der Waals surface area contributed by atoms with E-state index < -0.39 is 0 Å². The van der Waals surface area contributed by atoms with Crippen LogP contribution in [0.15, 0.2) is 46.8 Å². The van der Waals surface area contributed by atoms with Crippen molar-refractivity contribution in [1.82, 2.24) is 20.9 Å². The van der Waals surface area contributed by atoms with Gasteiger partial charge in [-0.25, -0.2) is 0 Å². The van der Waals surface area contributed by atoms with Crippen molar-refractivity contribution in [3.8, 4) is 5.75 Å². The first-order valence-corrected chi connectivity index (χ1v) is 11.8. The zero-order chi connectivity index (χ0) is 22.1. The number of likely N-dealkylation sites (tertiary alicyclic amines) is 1. The van der Waals surface area contributed by atoms with Crippen LogP contribution in [0.1, 0.15) is 41.0 Å². The molecule has 1 aliphatic rings. The molecule has 1 amide bonds. The number of guanidine groups is 1. The van der Waals surface area contributed by atoms with Crippen LogP contribution in [0.25, 0.3) is 0 Å². The average Bonchev–Trinajstić information content (AvgIpc) is 3.29. The van der Waals surface area contributed by atoms with Gasteiger partial charge < -0.3 is 21.1 Å². The van der Waals surface area contributed by atoms with Crippen molar-refractivity contribution >= 4 is 47.2 Å². The molecule has 2 heterocycles. The number of carbonyl (C=O) groups excluding carboxylic acids is 1. The van der Waals surface area contributed by atoms with E-state index in [0.717, 1.165) is 25.6 Å². The van der Waals surface area contributed by atoms with Gasteiger partial charge in [-0.05, 0) is 75.0 Å². The quantitative estimate of drug-likeness (QED) is 0.169. The van der Waals surface area contributed by atoms with E-state index >= 15 is 0 Å². The van der Waals surface area contributed by atoms with Crippen molar-refractivity contribution in [2.24, 2.45) is 10.9 Å². The molecule has 1 aliphatic heterocycles. The summed E-state index contributed by atoms with van der Waals surface area (Å²) < 4.78 is 0. The van der Waals surface area contributed by atoms with Crippen LogP contribution in [-0.2, 0) is 0 Å². The third-order valence-electron chi connectivity index (χ3n) is 5.50. The second kappa shape index (κ2) is 13.6. The van der Waals surface area contributed by atoms with Gasteiger partial charge in [-0.15, -0.1) is 35.3 Å². The highest BCUT2D eigenvalue weighted by atomic mass is 127. The van der Waals surface area contributed by atoms with E-state index in [1.165, 1.54) is 29.9 Å². The first kappa shape index (κ1) is 26.4. The fraction of sp³-hybridized carbons (Fsp3) is 0.478. The second-order valence-electron chi connectivity index (χ2n) is 7.79. The lowest BCUT2D eigenvalue weighted by Gasteiger charge is -2.38. The summed E-state index contributed by atoms with van der Waals surface area (Å²) >= 11 is 1.82. The van der Waals surface area contributed by atoms with E-state index in [4.69, 9.17) is 4.99 Å². The number of hydrogen-bond acceptors (Lipinski definition) is 5. The number of rotatable bonds is 8. The lowest BCUT2D eigenvalue weighted by molar-refractivity contribution is 0.0954. The summed E-state index contributed by atoms with van der Waals surface area (Å²) in [7, 11) is 2.21. The van der Waals surface area contributed by atoms with E-state index in [0.29, 0.717) is 30.6 Å². The third-order valence-corrected chi connectivity index (χ3v) is 6.45. The molecule has 2 aromatic rings. The van der Waals surface area contributed by atoms with E-state index in [1.807, 2.05) is 18.3 Å². The lowest BCUT2D eigenvalue weighted by Crippen LogP contribution is -2.42. The Balaban J connectivity index is 0.00000363. The van der Waals surface area contributed by atoms with Crippen LogP contribution in [-0.4, -0.2) is 61.6 Å². The Morgan fingerprint density at radius 3 is 2.62 bits per heavy atom. The largest absolute Gasteiger partial charge is 0.508 e. The molecule has 9 heteroatoms. The van der Waals surface area contributed by atoms with E-state index in [1.54, 1.807) is 12.1 Å². The first-order valence-electron chi connectivity index (χ1n) is 10.9. The van der Waals surface area contributed by atoms with Gasteiger partial charge in [-0.1, -0.05) is 6.07 Å². The molecule has 4 N–H and O–H groups in total. The molecule has 2 unspecified atom stereocenters. The number of amides is 1. The van der Waals surface area contributed by atoms with Gasteiger partial charge in [0.1, 0.15) is 5.75 Å². The Labute approximate surface area is 211 Å². The number of nitrogens with zero attached hydrogens (tertiary/aromatic N) is 2. The summed E-state index contributed by atoms with van der Waals surface area (Å²) in [6.45, 7) is 5.78. The summed E-state index contributed by atoms with van der Waals surface area (Å²) in [4.78, 5) is 20.9. The van der Waals surface area contributed by atoms with E-state index in [2.05, 4.69) is 45.4 Å². The summed E-state index contributed by atoms with van der Waals surface area (Å²) in [5.74, 6) is 1.25. The molecule has 2 atom stereocenters. The molecule has 1 fully saturated rings. The highest BCUT2D eigenvalue weighted by Gasteiger charge is 2.31. The minimum Gasteiger partial charge on any atom is -0.508 e. The number of halogens is 1. The second-order valence-corrected chi connectivity index (χ2v) is 8.77. The van der Waals surface area contributed by atoms with Gasteiger partial charge in [0.05, 0.1) is 0 Å². The third kappa shape index (κ3) is 7.63. The van der Waals surface area contributed by atoms with Crippen molar-refractivity contribution < 1.29 is 9.90 Å². The lowest BCUT2D eigenvalue weighted by atomic mass is 9.88. The molecule has 1 aromatic heterocycles. The minimum absolute atomic E-state index is 0. The van der Waals surface area contributed by atoms with Gasteiger partial charge in [0.25, 0.3) is 5.91 Å². The zero-order valence-corrected chi connectivity index (χ0v) is 21.9. The van der Waals surface area contributed by atoms with Crippen molar-refractivity contribution in [1.29, 1.82) is 0 Å². The Hall–Kier alpha value is -1.85. The average molecular weight is 572 g/mol. The van der Waals surface area contributed by atoms with Gasteiger partial charge in [0.2, 0.25) is 0 Å². The van der Waals surface area contributed by atoms with Crippen LogP contribution in [0.2, 0.25) is 0 Å². The number of aliphatic imine (C=N–C) groups is 1. The molecular formula is C23H34IN5O2S. The number of benzene rings is 1. The molecule has 7 nitrogen and oxygen atoms in total. The summed E-state index contributed by atoms with van der Waals surface area (Å²) in [6, 6.07) is 11.0. The van der Waals surface area contributed by atoms with Crippen molar-refractivity contribution in [3.63, 3.8) is 0 Å². The van der Waals surface area contributed by atoms with Gasteiger partial charge in [-0.3, -0.25) is 14.7 Å². The van der Waals surface area contributed by atoms with E-state index in [9.17, 15) is 9.90 Å². The maximum Gasteiger partial charge on any atom is 0.251 e. The van der Waals surface area contributed by atoms with Gasteiger partial charge in [0.15, 0.2) is 5.96 Å². The highest BCUT2D eigenvalue weighted by Crippen LogP contribution is 2.37. The predicted molar refractivity (Wildman–Crippen MR) is 142 cm³/mol. The molecule has 0 bridgehead atoms. The van der Waals surface area contributed by atoms with E-state index in [-0.39, 0.29) is 35.6 Å². The maximum atomic E-state index is 12.2. The van der Waals surface area contributed by atoms with Crippen molar-refractivity contribution in [3.05, 3.63) is 52.2 Å².